The molecule has 2 aromatic heterocycles. The maximum Gasteiger partial charge on any atom is 0.270 e. The monoisotopic (exact) mass is 543 g/mol. The van der Waals surface area contributed by atoms with Crippen molar-refractivity contribution >= 4 is 29.2 Å². The van der Waals surface area contributed by atoms with Crippen molar-refractivity contribution in [1.82, 2.24) is 25.0 Å². The molecule has 0 bridgehead atoms. The lowest BCUT2D eigenvalue weighted by Gasteiger charge is -2.38. The first kappa shape index (κ1) is 25.8. The SMILES string of the molecule is CC(=O)N1CCN(c2ccc(NC(=O)[C@@H](NC(=O)c3ccnn3C)C3c4ccccc4OCC34CC4)cn2)CC1. The number of anilines is 2. The van der Waals surface area contributed by atoms with Crippen LogP contribution in [0.15, 0.2) is 54.9 Å². The minimum absolute atomic E-state index is 0.0795. The summed E-state index contributed by atoms with van der Waals surface area (Å²) >= 11 is 0. The number of pyridine rings is 1. The summed E-state index contributed by atoms with van der Waals surface area (Å²) in [5, 5.41) is 10.1. The number of para-hydroxylation sites is 1. The average molecular weight is 544 g/mol. The third-order valence-corrected chi connectivity index (χ3v) is 8.34. The first-order chi connectivity index (χ1) is 19.3. The van der Waals surface area contributed by atoms with Gasteiger partial charge < -0.3 is 25.2 Å². The highest BCUT2D eigenvalue weighted by molar-refractivity contribution is 6.01. The maximum atomic E-state index is 13.9. The molecule has 208 valence electrons. The molecule has 2 aliphatic heterocycles. The van der Waals surface area contributed by atoms with Gasteiger partial charge in [0.15, 0.2) is 0 Å². The fourth-order valence-electron chi connectivity index (χ4n) is 5.89. The predicted octanol–water partition coefficient (Wildman–Crippen LogP) is 2.18. The van der Waals surface area contributed by atoms with Gasteiger partial charge >= 0.3 is 0 Å². The maximum absolute atomic E-state index is 13.9. The van der Waals surface area contributed by atoms with E-state index < -0.39 is 6.04 Å². The Labute approximate surface area is 232 Å². The van der Waals surface area contributed by atoms with Gasteiger partial charge in [-0.1, -0.05) is 18.2 Å². The molecule has 1 aliphatic carbocycles. The number of ether oxygens (including phenoxy) is 1. The number of rotatable bonds is 6. The number of piperazine rings is 1. The van der Waals surface area contributed by atoms with Gasteiger partial charge in [0.25, 0.3) is 5.91 Å². The third kappa shape index (κ3) is 4.87. The number of benzene rings is 1. The van der Waals surface area contributed by atoms with E-state index in [0.29, 0.717) is 44.2 Å². The Hall–Kier alpha value is -4.41. The molecule has 6 rings (SSSR count). The molecule has 4 heterocycles. The zero-order valence-corrected chi connectivity index (χ0v) is 22.7. The Bertz CT molecular complexity index is 1420. The molecule has 1 spiro atoms. The number of nitrogens with one attached hydrogen (secondary N) is 2. The molecular formula is C29H33N7O4. The summed E-state index contributed by atoms with van der Waals surface area (Å²) < 4.78 is 7.57. The van der Waals surface area contributed by atoms with E-state index in [1.54, 1.807) is 32.4 Å². The number of hydrogen-bond donors (Lipinski definition) is 2. The zero-order valence-electron chi connectivity index (χ0n) is 22.7. The summed E-state index contributed by atoms with van der Waals surface area (Å²) in [7, 11) is 1.70. The second-order valence-electron chi connectivity index (χ2n) is 10.8. The lowest BCUT2D eigenvalue weighted by molar-refractivity contribution is -0.129. The lowest BCUT2D eigenvalue weighted by Crippen LogP contribution is -2.52. The highest BCUT2D eigenvalue weighted by atomic mass is 16.5. The number of amides is 3. The lowest BCUT2D eigenvalue weighted by atomic mass is 9.76. The second-order valence-corrected chi connectivity index (χ2v) is 10.8. The van der Waals surface area contributed by atoms with Gasteiger partial charge in [0.05, 0.1) is 18.5 Å². The smallest absolute Gasteiger partial charge is 0.270 e. The van der Waals surface area contributed by atoms with Crippen molar-refractivity contribution in [3.05, 3.63) is 66.1 Å². The number of carbonyl (C=O) groups is 3. The van der Waals surface area contributed by atoms with Crippen LogP contribution in [0.2, 0.25) is 0 Å². The van der Waals surface area contributed by atoms with Crippen molar-refractivity contribution in [1.29, 1.82) is 0 Å². The van der Waals surface area contributed by atoms with Gasteiger partial charge in [-0.25, -0.2) is 4.98 Å². The van der Waals surface area contributed by atoms with E-state index in [0.717, 1.165) is 30.0 Å². The van der Waals surface area contributed by atoms with Gasteiger partial charge in [0.1, 0.15) is 23.3 Å². The number of carbonyl (C=O) groups excluding carboxylic acids is 3. The topological polar surface area (TPSA) is 122 Å². The number of aryl methyl sites for hydroxylation is 1. The number of nitrogens with zero attached hydrogens (tertiary/aromatic N) is 5. The molecule has 1 aromatic carbocycles. The predicted molar refractivity (Wildman–Crippen MR) is 148 cm³/mol. The summed E-state index contributed by atoms with van der Waals surface area (Å²) in [6, 6.07) is 12.2. The molecule has 2 atom stereocenters. The van der Waals surface area contributed by atoms with E-state index in [1.165, 1.54) is 4.68 Å². The summed E-state index contributed by atoms with van der Waals surface area (Å²) in [5.74, 6) is 0.688. The van der Waals surface area contributed by atoms with Crippen LogP contribution in [0.25, 0.3) is 0 Å². The molecule has 1 saturated heterocycles. The Kier molecular flexibility index (Phi) is 6.65. The standard InChI is InChI=1S/C29H33N7O4/c1-19(37)35-13-15-36(16-14-35)24-8-7-20(17-30-24)32-28(39)26(33-27(38)22-9-12-31-34(22)2)25-21-5-3-4-6-23(21)40-18-29(25)10-11-29/h3-9,12,17,25-26H,10-11,13-16,18H2,1-2H3,(H,32,39)(H,33,38)/t25?,26-/m0/s1. The summed E-state index contributed by atoms with van der Waals surface area (Å²) in [5.41, 5.74) is 1.63. The first-order valence-corrected chi connectivity index (χ1v) is 13.6. The van der Waals surface area contributed by atoms with E-state index in [9.17, 15) is 14.4 Å². The summed E-state index contributed by atoms with van der Waals surface area (Å²) in [6.45, 7) is 4.80. The van der Waals surface area contributed by atoms with Crippen LogP contribution in [0.4, 0.5) is 11.5 Å². The van der Waals surface area contributed by atoms with E-state index in [-0.39, 0.29) is 29.1 Å². The second kappa shape index (κ2) is 10.3. The molecule has 0 radical (unpaired) electrons. The van der Waals surface area contributed by atoms with Crippen LogP contribution in [-0.4, -0.2) is 76.2 Å². The number of fused-ring (bicyclic) bond motifs is 1. The van der Waals surface area contributed by atoms with E-state index in [4.69, 9.17) is 4.74 Å². The Balaban J connectivity index is 1.24. The number of aromatic nitrogens is 3. The molecule has 3 aromatic rings. The molecular weight excluding hydrogens is 510 g/mol. The minimum Gasteiger partial charge on any atom is -0.493 e. The highest BCUT2D eigenvalue weighted by Gasteiger charge is 2.57. The molecule has 11 nitrogen and oxygen atoms in total. The normalized spacial score (nSPS) is 19.8. The largest absolute Gasteiger partial charge is 0.493 e. The van der Waals surface area contributed by atoms with E-state index in [1.807, 2.05) is 41.3 Å². The van der Waals surface area contributed by atoms with Crippen LogP contribution in [0.1, 0.15) is 41.7 Å². The Morgan fingerprint density at radius 3 is 2.48 bits per heavy atom. The van der Waals surface area contributed by atoms with Crippen LogP contribution in [0, 0.1) is 5.41 Å². The Morgan fingerprint density at radius 1 is 1.05 bits per heavy atom. The molecule has 3 aliphatic rings. The highest BCUT2D eigenvalue weighted by Crippen LogP contribution is 2.61. The van der Waals surface area contributed by atoms with E-state index >= 15 is 0 Å². The van der Waals surface area contributed by atoms with Gasteiger partial charge in [-0.05, 0) is 37.1 Å². The molecule has 2 fully saturated rings. The molecule has 3 amide bonds. The van der Waals surface area contributed by atoms with Crippen LogP contribution < -0.4 is 20.3 Å². The van der Waals surface area contributed by atoms with Gasteiger partial charge in [-0.15, -0.1) is 0 Å². The molecule has 11 heteroatoms. The van der Waals surface area contributed by atoms with E-state index in [2.05, 4.69) is 25.6 Å². The molecule has 1 unspecified atom stereocenters. The average Bonchev–Trinajstić information content (AvgIpc) is 3.60. The minimum atomic E-state index is -0.839. The molecule has 40 heavy (non-hydrogen) atoms. The molecule has 2 N–H and O–H groups in total. The molecule has 1 saturated carbocycles. The van der Waals surface area contributed by atoms with Gasteiger partial charge in [-0.3, -0.25) is 19.1 Å². The van der Waals surface area contributed by atoms with Crippen molar-refractivity contribution in [2.75, 3.05) is 43.0 Å². The van der Waals surface area contributed by atoms with Crippen LogP contribution >= 0.6 is 0 Å². The van der Waals surface area contributed by atoms with Crippen LogP contribution in [-0.2, 0) is 16.6 Å². The third-order valence-electron chi connectivity index (χ3n) is 8.34. The fraction of sp³-hybridized carbons (Fsp3) is 0.414. The fourth-order valence-corrected chi connectivity index (χ4v) is 5.89. The van der Waals surface area contributed by atoms with Crippen molar-refractivity contribution in [3.8, 4) is 5.75 Å². The van der Waals surface area contributed by atoms with Crippen LogP contribution in [0.5, 0.6) is 5.75 Å². The van der Waals surface area contributed by atoms with Crippen molar-refractivity contribution < 1.29 is 19.1 Å². The van der Waals surface area contributed by atoms with Crippen molar-refractivity contribution in [2.45, 2.75) is 31.7 Å². The summed E-state index contributed by atoms with van der Waals surface area (Å²) in [4.78, 5) is 47.4. The van der Waals surface area contributed by atoms with Crippen LogP contribution in [0.3, 0.4) is 0 Å². The first-order valence-electron chi connectivity index (χ1n) is 13.6. The van der Waals surface area contributed by atoms with Gasteiger partial charge in [-0.2, -0.15) is 5.10 Å². The van der Waals surface area contributed by atoms with Gasteiger partial charge in [0.2, 0.25) is 11.8 Å². The summed E-state index contributed by atoms with van der Waals surface area (Å²) in [6.07, 6.45) is 5.04. The Morgan fingerprint density at radius 2 is 1.82 bits per heavy atom. The quantitative estimate of drug-likeness (QED) is 0.489. The number of hydrogen-bond acceptors (Lipinski definition) is 7. The van der Waals surface area contributed by atoms with Crippen molar-refractivity contribution in [3.63, 3.8) is 0 Å². The van der Waals surface area contributed by atoms with Gasteiger partial charge in [0, 0.05) is 63.2 Å². The zero-order chi connectivity index (χ0) is 27.9. The van der Waals surface area contributed by atoms with Crippen molar-refractivity contribution in [2.24, 2.45) is 12.5 Å².